The van der Waals surface area contributed by atoms with Gasteiger partial charge in [-0.2, -0.15) is 5.26 Å². The Morgan fingerprint density at radius 3 is 2.48 bits per heavy atom. The summed E-state index contributed by atoms with van der Waals surface area (Å²) in [5, 5.41) is 21.8. The summed E-state index contributed by atoms with van der Waals surface area (Å²) in [5.41, 5.74) is 1.58. The van der Waals surface area contributed by atoms with Crippen molar-refractivity contribution >= 4 is 29.4 Å². The number of aryl methyl sites for hydroxylation is 1. The molecule has 1 aromatic heterocycles. The molecule has 0 aliphatic carbocycles. The molecular formula is C21H16N2O3S. The van der Waals surface area contributed by atoms with Gasteiger partial charge >= 0.3 is 0 Å². The van der Waals surface area contributed by atoms with Crippen LogP contribution in [-0.2, 0) is 4.79 Å². The summed E-state index contributed by atoms with van der Waals surface area (Å²) < 4.78 is 5.69. The normalized spacial score (nSPS) is 11.0. The van der Waals surface area contributed by atoms with Crippen molar-refractivity contribution in [2.75, 3.05) is 5.32 Å². The van der Waals surface area contributed by atoms with Gasteiger partial charge in [0.1, 0.15) is 23.2 Å². The molecule has 27 heavy (non-hydrogen) atoms. The van der Waals surface area contributed by atoms with Gasteiger partial charge in [-0.15, -0.1) is 0 Å². The average Bonchev–Trinajstić information content (AvgIpc) is 3.10. The van der Waals surface area contributed by atoms with Crippen molar-refractivity contribution in [3.8, 4) is 11.8 Å². The zero-order valence-electron chi connectivity index (χ0n) is 14.5. The fourth-order valence-electron chi connectivity index (χ4n) is 2.22. The molecule has 2 N–H and O–H groups in total. The molecule has 0 aliphatic heterocycles. The van der Waals surface area contributed by atoms with Gasteiger partial charge in [-0.25, -0.2) is 0 Å². The van der Waals surface area contributed by atoms with Crippen LogP contribution >= 0.6 is 11.8 Å². The van der Waals surface area contributed by atoms with Crippen LogP contribution in [0.25, 0.3) is 6.08 Å². The van der Waals surface area contributed by atoms with Crippen LogP contribution in [0.2, 0.25) is 0 Å². The highest BCUT2D eigenvalue weighted by Crippen LogP contribution is 2.30. The third kappa shape index (κ3) is 5.03. The van der Waals surface area contributed by atoms with Gasteiger partial charge in [0, 0.05) is 16.7 Å². The Balaban J connectivity index is 1.71. The van der Waals surface area contributed by atoms with Crippen LogP contribution in [0.15, 0.2) is 80.6 Å². The summed E-state index contributed by atoms with van der Waals surface area (Å²) in [6, 6.07) is 19.4. The lowest BCUT2D eigenvalue weighted by Crippen LogP contribution is -2.13. The molecule has 3 rings (SSSR count). The number of carbonyl (C=O) groups is 1. The van der Waals surface area contributed by atoms with Crippen molar-refractivity contribution in [3.63, 3.8) is 0 Å². The van der Waals surface area contributed by atoms with Crippen LogP contribution in [0.5, 0.6) is 5.75 Å². The average molecular weight is 376 g/mol. The van der Waals surface area contributed by atoms with E-state index in [4.69, 9.17) is 4.42 Å². The number of hydrogen-bond donors (Lipinski definition) is 2. The summed E-state index contributed by atoms with van der Waals surface area (Å²) in [6.07, 6.45) is 1.40. The maximum Gasteiger partial charge on any atom is 0.266 e. The summed E-state index contributed by atoms with van der Waals surface area (Å²) in [5.74, 6) is -0.0346. The third-order valence-electron chi connectivity index (χ3n) is 3.62. The number of phenols is 1. The van der Waals surface area contributed by atoms with Crippen molar-refractivity contribution in [2.45, 2.75) is 16.9 Å². The molecule has 0 radical (unpaired) electrons. The van der Waals surface area contributed by atoms with Crippen LogP contribution in [0.4, 0.5) is 5.69 Å². The summed E-state index contributed by atoms with van der Waals surface area (Å²) in [6.45, 7) is 2.02. The van der Waals surface area contributed by atoms with E-state index in [-0.39, 0.29) is 11.3 Å². The number of nitrogens with zero attached hydrogens (tertiary/aromatic N) is 1. The number of benzene rings is 2. The smallest absolute Gasteiger partial charge is 0.266 e. The molecule has 0 atom stereocenters. The molecule has 0 saturated heterocycles. The topological polar surface area (TPSA) is 86.3 Å². The molecule has 0 aliphatic rings. The molecule has 1 heterocycles. The van der Waals surface area contributed by atoms with Gasteiger partial charge < -0.3 is 14.8 Å². The molecule has 0 bridgehead atoms. The lowest BCUT2D eigenvalue weighted by Gasteiger charge is -2.03. The van der Waals surface area contributed by atoms with E-state index in [1.165, 1.54) is 35.5 Å². The van der Waals surface area contributed by atoms with E-state index < -0.39 is 5.91 Å². The first-order valence-corrected chi connectivity index (χ1v) is 8.92. The van der Waals surface area contributed by atoms with Crippen LogP contribution < -0.4 is 5.32 Å². The molecule has 2 aromatic carbocycles. The SMILES string of the molecule is Cc1ccc(Sc2ccc(/C=C(/C#N)C(=O)Nc3ccc(O)cc3)o2)cc1. The number of aromatic hydroxyl groups is 1. The predicted molar refractivity (Wildman–Crippen MR) is 104 cm³/mol. The lowest BCUT2D eigenvalue weighted by atomic mass is 10.2. The van der Waals surface area contributed by atoms with E-state index in [1.54, 1.807) is 24.3 Å². The summed E-state index contributed by atoms with van der Waals surface area (Å²) >= 11 is 1.46. The van der Waals surface area contributed by atoms with Crippen LogP contribution in [0, 0.1) is 18.3 Å². The fourth-order valence-corrected chi connectivity index (χ4v) is 3.00. The van der Waals surface area contributed by atoms with Crippen LogP contribution in [0.3, 0.4) is 0 Å². The van der Waals surface area contributed by atoms with Gasteiger partial charge in [-0.3, -0.25) is 4.79 Å². The highest BCUT2D eigenvalue weighted by Gasteiger charge is 2.11. The second kappa shape index (κ2) is 8.30. The number of nitrogens with one attached hydrogen (secondary N) is 1. The van der Waals surface area contributed by atoms with Gasteiger partial charge in [0.15, 0.2) is 5.09 Å². The molecule has 1 amide bonds. The highest BCUT2D eigenvalue weighted by molar-refractivity contribution is 7.99. The first-order valence-electron chi connectivity index (χ1n) is 8.10. The molecule has 3 aromatic rings. The number of anilines is 1. The van der Waals surface area contributed by atoms with E-state index >= 15 is 0 Å². The van der Waals surface area contributed by atoms with Gasteiger partial charge in [0.2, 0.25) is 0 Å². The number of nitriles is 1. The monoisotopic (exact) mass is 376 g/mol. The van der Waals surface area contributed by atoms with Gasteiger partial charge in [-0.1, -0.05) is 29.5 Å². The number of amides is 1. The predicted octanol–water partition coefficient (Wildman–Crippen LogP) is 4.99. The van der Waals surface area contributed by atoms with E-state index in [0.29, 0.717) is 16.5 Å². The minimum absolute atomic E-state index is 0.0793. The lowest BCUT2D eigenvalue weighted by molar-refractivity contribution is -0.112. The van der Waals surface area contributed by atoms with Gasteiger partial charge in [0.05, 0.1) is 0 Å². The van der Waals surface area contributed by atoms with Crippen LogP contribution in [-0.4, -0.2) is 11.0 Å². The number of rotatable bonds is 5. The van der Waals surface area contributed by atoms with Crippen molar-refractivity contribution in [3.05, 3.63) is 77.6 Å². The largest absolute Gasteiger partial charge is 0.508 e. The molecular weight excluding hydrogens is 360 g/mol. The number of phenolic OH excluding ortho intramolecular Hbond substituents is 1. The minimum Gasteiger partial charge on any atom is -0.508 e. The molecule has 0 saturated carbocycles. The van der Waals surface area contributed by atoms with E-state index in [2.05, 4.69) is 5.32 Å². The summed E-state index contributed by atoms with van der Waals surface area (Å²) in [7, 11) is 0. The van der Waals surface area contributed by atoms with E-state index in [1.807, 2.05) is 37.3 Å². The maximum absolute atomic E-state index is 12.3. The molecule has 6 heteroatoms. The van der Waals surface area contributed by atoms with E-state index in [9.17, 15) is 15.2 Å². The second-order valence-corrected chi connectivity index (χ2v) is 6.82. The first-order chi connectivity index (χ1) is 13.0. The Labute approximate surface area is 160 Å². The van der Waals surface area contributed by atoms with Gasteiger partial charge in [-0.05, 0) is 55.5 Å². The van der Waals surface area contributed by atoms with Crippen molar-refractivity contribution < 1.29 is 14.3 Å². The highest BCUT2D eigenvalue weighted by atomic mass is 32.2. The maximum atomic E-state index is 12.3. The second-order valence-electron chi connectivity index (χ2n) is 5.74. The molecule has 5 nitrogen and oxygen atoms in total. The molecule has 0 fully saturated rings. The Morgan fingerprint density at radius 2 is 1.81 bits per heavy atom. The van der Waals surface area contributed by atoms with E-state index in [0.717, 1.165) is 4.90 Å². The molecule has 134 valence electrons. The molecule has 0 unspecified atom stereocenters. The standard InChI is InChI=1S/C21H16N2O3S/c1-14-2-9-19(10-3-14)27-20-11-8-18(26-20)12-15(13-22)21(25)23-16-4-6-17(24)7-5-16/h2-12,24H,1H3,(H,23,25)/b15-12-. The number of carbonyl (C=O) groups excluding carboxylic acids is 1. The zero-order valence-corrected chi connectivity index (χ0v) is 15.3. The molecule has 0 spiro atoms. The quantitative estimate of drug-likeness (QED) is 0.372. The van der Waals surface area contributed by atoms with Crippen molar-refractivity contribution in [2.24, 2.45) is 0 Å². The van der Waals surface area contributed by atoms with Gasteiger partial charge in [0.25, 0.3) is 5.91 Å². The Morgan fingerprint density at radius 1 is 1.11 bits per heavy atom. The minimum atomic E-state index is -0.549. The first kappa shape index (κ1) is 18.4. The number of furan rings is 1. The number of hydrogen-bond acceptors (Lipinski definition) is 5. The van der Waals surface area contributed by atoms with Crippen molar-refractivity contribution in [1.29, 1.82) is 5.26 Å². The fraction of sp³-hybridized carbons (Fsp3) is 0.0476. The Hall–Kier alpha value is -3.43. The van der Waals surface area contributed by atoms with Crippen molar-refractivity contribution in [1.82, 2.24) is 0 Å². The van der Waals surface area contributed by atoms with Crippen LogP contribution in [0.1, 0.15) is 11.3 Å². The Bertz CT molecular complexity index is 1010. The third-order valence-corrected chi connectivity index (χ3v) is 4.55. The summed E-state index contributed by atoms with van der Waals surface area (Å²) in [4.78, 5) is 13.3. The Kier molecular flexibility index (Phi) is 5.64. The zero-order chi connectivity index (χ0) is 19.2.